The second-order valence-electron chi connectivity index (χ2n) is 5.45. The zero-order valence-corrected chi connectivity index (χ0v) is 11.3. The molecular weight excluding hydrogens is 202 g/mol. The van der Waals surface area contributed by atoms with Crippen LogP contribution >= 0.6 is 0 Å². The van der Waals surface area contributed by atoms with Gasteiger partial charge in [0.25, 0.3) is 0 Å². The van der Waals surface area contributed by atoms with E-state index in [0.717, 1.165) is 6.42 Å². The second-order valence-corrected chi connectivity index (χ2v) is 5.45. The molecule has 0 saturated heterocycles. The van der Waals surface area contributed by atoms with Crippen LogP contribution < -0.4 is 5.32 Å². The van der Waals surface area contributed by atoms with E-state index >= 15 is 0 Å². The van der Waals surface area contributed by atoms with Crippen LogP contribution in [-0.4, -0.2) is 23.7 Å². The van der Waals surface area contributed by atoms with E-state index in [0.29, 0.717) is 18.3 Å². The molecule has 0 aromatic heterocycles. The van der Waals surface area contributed by atoms with Crippen LogP contribution in [0.3, 0.4) is 0 Å². The van der Waals surface area contributed by atoms with Crippen molar-refractivity contribution in [2.24, 2.45) is 17.8 Å². The Labute approximate surface area is 99.6 Å². The molecule has 0 radical (unpaired) electrons. The SMILES string of the molecule is CC(C)CC(C)CC(=O)NC(C)C(C)CO. The molecular formula is C13H27NO2. The molecule has 1 amide bonds. The number of aliphatic hydroxyl groups is 1. The lowest BCUT2D eigenvalue weighted by Gasteiger charge is -2.21. The lowest BCUT2D eigenvalue weighted by Crippen LogP contribution is -2.38. The third kappa shape index (κ3) is 6.83. The van der Waals surface area contributed by atoms with Crippen LogP contribution in [0.5, 0.6) is 0 Å². The average Bonchev–Trinajstić information content (AvgIpc) is 2.14. The summed E-state index contributed by atoms with van der Waals surface area (Å²) in [6.45, 7) is 10.4. The lowest BCUT2D eigenvalue weighted by atomic mass is 9.95. The highest BCUT2D eigenvalue weighted by Crippen LogP contribution is 2.14. The molecule has 0 spiro atoms. The van der Waals surface area contributed by atoms with Crippen LogP contribution in [0.25, 0.3) is 0 Å². The third-order valence-electron chi connectivity index (χ3n) is 2.94. The minimum atomic E-state index is 0.0451. The van der Waals surface area contributed by atoms with Gasteiger partial charge in [0.1, 0.15) is 0 Å². The standard InChI is InChI=1S/C13H27NO2/c1-9(2)6-10(3)7-13(16)14-12(5)11(4)8-15/h9-12,15H,6-8H2,1-5H3,(H,14,16). The zero-order chi connectivity index (χ0) is 12.7. The van der Waals surface area contributed by atoms with Crippen LogP contribution in [0.15, 0.2) is 0 Å². The van der Waals surface area contributed by atoms with Crippen molar-refractivity contribution in [3.63, 3.8) is 0 Å². The Bertz CT molecular complexity index is 204. The maximum absolute atomic E-state index is 11.7. The number of hydrogen-bond acceptors (Lipinski definition) is 2. The molecule has 3 unspecified atom stereocenters. The van der Waals surface area contributed by atoms with E-state index in [2.05, 4.69) is 26.1 Å². The van der Waals surface area contributed by atoms with Gasteiger partial charge in [-0.1, -0.05) is 27.7 Å². The summed E-state index contributed by atoms with van der Waals surface area (Å²) in [5.41, 5.74) is 0. The Balaban J connectivity index is 3.89. The van der Waals surface area contributed by atoms with Crippen molar-refractivity contribution in [1.82, 2.24) is 5.32 Å². The molecule has 0 aliphatic rings. The molecule has 3 heteroatoms. The lowest BCUT2D eigenvalue weighted by molar-refractivity contribution is -0.123. The van der Waals surface area contributed by atoms with Gasteiger partial charge in [-0.15, -0.1) is 0 Å². The van der Waals surface area contributed by atoms with E-state index in [9.17, 15) is 4.79 Å². The van der Waals surface area contributed by atoms with Crippen LogP contribution in [0.2, 0.25) is 0 Å². The molecule has 0 saturated carbocycles. The summed E-state index contributed by atoms with van der Waals surface area (Å²) in [5.74, 6) is 1.28. The quantitative estimate of drug-likeness (QED) is 0.703. The fourth-order valence-corrected chi connectivity index (χ4v) is 1.82. The van der Waals surface area contributed by atoms with Gasteiger partial charge in [0.15, 0.2) is 0 Å². The van der Waals surface area contributed by atoms with E-state index in [1.54, 1.807) is 0 Å². The first kappa shape index (κ1) is 15.4. The fraction of sp³-hybridized carbons (Fsp3) is 0.923. The first-order chi connectivity index (χ1) is 7.36. The van der Waals surface area contributed by atoms with Crippen molar-refractivity contribution in [2.45, 2.75) is 53.5 Å². The fourth-order valence-electron chi connectivity index (χ4n) is 1.82. The second kappa shape index (κ2) is 7.66. The van der Waals surface area contributed by atoms with E-state index < -0.39 is 0 Å². The zero-order valence-electron chi connectivity index (χ0n) is 11.3. The van der Waals surface area contributed by atoms with Crippen LogP contribution in [0.1, 0.15) is 47.5 Å². The van der Waals surface area contributed by atoms with Crippen molar-refractivity contribution >= 4 is 5.91 Å². The van der Waals surface area contributed by atoms with Gasteiger partial charge in [0.05, 0.1) is 0 Å². The molecule has 0 aromatic carbocycles. The number of nitrogens with one attached hydrogen (secondary N) is 1. The summed E-state index contributed by atoms with van der Waals surface area (Å²) in [5, 5.41) is 11.9. The normalized spacial score (nSPS) is 16.9. The Morgan fingerprint density at radius 1 is 1.19 bits per heavy atom. The smallest absolute Gasteiger partial charge is 0.220 e. The topological polar surface area (TPSA) is 49.3 Å². The first-order valence-electron chi connectivity index (χ1n) is 6.27. The number of aliphatic hydroxyl groups excluding tert-OH is 1. The van der Waals surface area contributed by atoms with Gasteiger partial charge < -0.3 is 10.4 Å². The molecule has 16 heavy (non-hydrogen) atoms. The predicted molar refractivity (Wildman–Crippen MR) is 67.1 cm³/mol. The molecule has 0 aliphatic heterocycles. The maximum Gasteiger partial charge on any atom is 0.220 e. The summed E-state index contributed by atoms with van der Waals surface area (Å²) < 4.78 is 0. The van der Waals surface area contributed by atoms with Gasteiger partial charge in [0, 0.05) is 19.1 Å². The number of rotatable bonds is 7. The summed E-state index contributed by atoms with van der Waals surface area (Å²) in [6, 6.07) is 0.0451. The van der Waals surface area contributed by atoms with Gasteiger partial charge >= 0.3 is 0 Å². The first-order valence-corrected chi connectivity index (χ1v) is 6.27. The van der Waals surface area contributed by atoms with Crippen molar-refractivity contribution in [3.8, 4) is 0 Å². The van der Waals surface area contributed by atoms with E-state index in [4.69, 9.17) is 5.11 Å². The largest absolute Gasteiger partial charge is 0.396 e. The molecule has 3 nitrogen and oxygen atoms in total. The molecule has 0 bridgehead atoms. The van der Waals surface area contributed by atoms with Gasteiger partial charge in [0.2, 0.25) is 5.91 Å². The van der Waals surface area contributed by atoms with Gasteiger partial charge in [-0.3, -0.25) is 4.79 Å². The predicted octanol–water partition coefficient (Wildman–Crippen LogP) is 2.19. The number of carbonyl (C=O) groups excluding carboxylic acids is 1. The van der Waals surface area contributed by atoms with E-state index in [-0.39, 0.29) is 24.5 Å². The summed E-state index contributed by atoms with van der Waals surface area (Å²) in [4.78, 5) is 11.7. The Kier molecular flexibility index (Phi) is 7.39. The molecule has 3 atom stereocenters. The van der Waals surface area contributed by atoms with Crippen molar-refractivity contribution in [3.05, 3.63) is 0 Å². The Morgan fingerprint density at radius 2 is 1.75 bits per heavy atom. The maximum atomic E-state index is 11.7. The van der Waals surface area contributed by atoms with E-state index in [1.165, 1.54) is 0 Å². The molecule has 96 valence electrons. The highest BCUT2D eigenvalue weighted by Gasteiger charge is 2.16. The van der Waals surface area contributed by atoms with Crippen LogP contribution in [0.4, 0.5) is 0 Å². The molecule has 0 rings (SSSR count). The summed E-state index contributed by atoms with van der Waals surface area (Å²) >= 11 is 0. The minimum absolute atomic E-state index is 0.0451. The molecule has 2 N–H and O–H groups in total. The summed E-state index contributed by atoms with van der Waals surface area (Å²) in [7, 11) is 0. The van der Waals surface area contributed by atoms with Gasteiger partial charge in [-0.05, 0) is 31.1 Å². The van der Waals surface area contributed by atoms with Crippen molar-refractivity contribution < 1.29 is 9.90 Å². The molecule has 0 aliphatic carbocycles. The van der Waals surface area contributed by atoms with Crippen molar-refractivity contribution in [2.75, 3.05) is 6.61 Å². The highest BCUT2D eigenvalue weighted by molar-refractivity contribution is 5.76. The molecule has 0 fully saturated rings. The molecule has 0 heterocycles. The van der Waals surface area contributed by atoms with Gasteiger partial charge in [-0.2, -0.15) is 0 Å². The highest BCUT2D eigenvalue weighted by atomic mass is 16.3. The van der Waals surface area contributed by atoms with Crippen LogP contribution in [0, 0.1) is 17.8 Å². The average molecular weight is 229 g/mol. The third-order valence-corrected chi connectivity index (χ3v) is 2.94. The minimum Gasteiger partial charge on any atom is -0.396 e. The Morgan fingerprint density at radius 3 is 2.19 bits per heavy atom. The van der Waals surface area contributed by atoms with Crippen molar-refractivity contribution in [1.29, 1.82) is 0 Å². The Hall–Kier alpha value is -0.570. The number of hydrogen-bond donors (Lipinski definition) is 2. The van der Waals surface area contributed by atoms with Crippen LogP contribution in [-0.2, 0) is 4.79 Å². The van der Waals surface area contributed by atoms with Gasteiger partial charge in [-0.25, -0.2) is 0 Å². The summed E-state index contributed by atoms with van der Waals surface area (Å²) in [6.07, 6.45) is 1.66. The number of amides is 1. The number of carbonyl (C=O) groups is 1. The van der Waals surface area contributed by atoms with E-state index in [1.807, 2.05) is 13.8 Å². The monoisotopic (exact) mass is 229 g/mol. The molecule has 0 aromatic rings.